The smallest absolute Gasteiger partial charge is 0.256 e. The maximum Gasteiger partial charge on any atom is 0.256 e. The molecule has 2 aromatic carbocycles. The molecular weight excluding hydrogens is 464 g/mol. The van der Waals surface area contributed by atoms with Crippen LogP contribution in [-0.4, -0.2) is 71.2 Å². The molecule has 180 valence electrons. The highest BCUT2D eigenvalue weighted by Crippen LogP contribution is 2.37. The van der Waals surface area contributed by atoms with Crippen LogP contribution >= 0.6 is 11.3 Å². The summed E-state index contributed by atoms with van der Waals surface area (Å²) in [6.07, 6.45) is 4.31. The Labute approximate surface area is 206 Å². The van der Waals surface area contributed by atoms with Crippen molar-refractivity contribution in [2.75, 3.05) is 45.3 Å². The van der Waals surface area contributed by atoms with E-state index < -0.39 is 0 Å². The second-order valence-electron chi connectivity index (χ2n) is 9.09. The SMILES string of the molecule is COc1cc(C(=O)N2CC3CC(C2)CN(c2nc4ccccc4s2)C3)c(-n2nccn2)cc1OC. The lowest BCUT2D eigenvalue weighted by Crippen LogP contribution is -2.54. The Kier molecular flexibility index (Phi) is 5.52. The highest BCUT2D eigenvalue weighted by molar-refractivity contribution is 7.22. The molecule has 2 aliphatic rings. The van der Waals surface area contributed by atoms with Crippen LogP contribution in [0.5, 0.6) is 11.5 Å². The van der Waals surface area contributed by atoms with E-state index in [1.165, 1.54) is 9.50 Å². The quantitative estimate of drug-likeness (QED) is 0.423. The molecule has 2 aromatic heterocycles. The van der Waals surface area contributed by atoms with E-state index in [0.717, 1.165) is 30.2 Å². The third-order valence-corrected chi connectivity index (χ3v) is 7.89. The molecule has 1 amide bonds. The lowest BCUT2D eigenvalue weighted by molar-refractivity contribution is 0.0564. The van der Waals surface area contributed by atoms with Crippen LogP contribution in [0.15, 0.2) is 48.8 Å². The summed E-state index contributed by atoms with van der Waals surface area (Å²) < 4.78 is 12.2. The van der Waals surface area contributed by atoms with Crippen molar-refractivity contribution in [2.45, 2.75) is 6.42 Å². The molecule has 10 heteroatoms. The van der Waals surface area contributed by atoms with Crippen molar-refractivity contribution in [1.29, 1.82) is 0 Å². The summed E-state index contributed by atoms with van der Waals surface area (Å²) >= 11 is 1.75. The van der Waals surface area contributed by atoms with Gasteiger partial charge in [-0.05, 0) is 36.5 Å². The first-order valence-electron chi connectivity index (χ1n) is 11.7. The molecule has 2 saturated heterocycles. The van der Waals surface area contributed by atoms with Gasteiger partial charge in [0.2, 0.25) is 0 Å². The number of carbonyl (C=O) groups is 1. The first-order chi connectivity index (χ1) is 17.1. The number of amides is 1. The fourth-order valence-corrected chi connectivity index (χ4v) is 6.30. The zero-order valence-corrected chi connectivity index (χ0v) is 20.4. The molecule has 0 N–H and O–H groups in total. The van der Waals surface area contributed by atoms with Gasteiger partial charge in [0.25, 0.3) is 5.91 Å². The van der Waals surface area contributed by atoms with E-state index in [1.807, 2.05) is 11.0 Å². The number of para-hydroxylation sites is 1. The Bertz CT molecular complexity index is 1320. The Morgan fingerprint density at radius 1 is 0.971 bits per heavy atom. The minimum Gasteiger partial charge on any atom is -0.493 e. The van der Waals surface area contributed by atoms with Crippen molar-refractivity contribution < 1.29 is 14.3 Å². The number of nitrogens with zero attached hydrogens (tertiary/aromatic N) is 6. The van der Waals surface area contributed by atoms with Gasteiger partial charge < -0.3 is 19.3 Å². The van der Waals surface area contributed by atoms with Crippen molar-refractivity contribution in [3.8, 4) is 17.2 Å². The van der Waals surface area contributed by atoms with Crippen molar-refractivity contribution in [3.05, 3.63) is 54.4 Å². The molecular formula is C25H26N6O3S. The summed E-state index contributed by atoms with van der Waals surface area (Å²) in [5.74, 6) is 1.78. The van der Waals surface area contributed by atoms with Gasteiger partial charge >= 0.3 is 0 Å². The van der Waals surface area contributed by atoms with E-state index in [2.05, 4.69) is 33.3 Å². The number of thiazole rings is 1. The van der Waals surface area contributed by atoms with Gasteiger partial charge in [-0.3, -0.25) is 4.79 Å². The zero-order valence-electron chi connectivity index (χ0n) is 19.6. The van der Waals surface area contributed by atoms with Crippen LogP contribution in [0.4, 0.5) is 5.13 Å². The highest BCUT2D eigenvalue weighted by atomic mass is 32.1. The number of benzene rings is 2. The van der Waals surface area contributed by atoms with Crippen LogP contribution < -0.4 is 14.4 Å². The Morgan fingerprint density at radius 3 is 2.34 bits per heavy atom. The summed E-state index contributed by atoms with van der Waals surface area (Å²) in [7, 11) is 3.14. The second-order valence-corrected chi connectivity index (χ2v) is 10.1. The van der Waals surface area contributed by atoms with Crippen LogP contribution in [-0.2, 0) is 0 Å². The predicted octanol–water partition coefficient (Wildman–Crippen LogP) is 3.49. The number of hydrogen-bond acceptors (Lipinski definition) is 8. The van der Waals surface area contributed by atoms with Crippen molar-refractivity contribution in [2.24, 2.45) is 11.8 Å². The molecule has 35 heavy (non-hydrogen) atoms. The van der Waals surface area contributed by atoms with Gasteiger partial charge in [-0.2, -0.15) is 15.0 Å². The van der Waals surface area contributed by atoms with Crippen LogP contribution in [0.2, 0.25) is 0 Å². The van der Waals surface area contributed by atoms with E-state index in [-0.39, 0.29) is 5.91 Å². The molecule has 2 aliphatic heterocycles. The van der Waals surface area contributed by atoms with E-state index >= 15 is 0 Å². The molecule has 4 heterocycles. The summed E-state index contributed by atoms with van der Waals surface area (Å²) in [6, 6.07) is 11.8. The average Bonchev–Trinajstić information content (AvgIpc) is 3.57. The summed E-state index contributed by atoms with van der Waals surface area (Å²) in [5, 5.41) is 9.58. The number of rotatable bonds is 5. The summed E-state index contributed by atoms with van der Waals surface area (Å²) in [4.78, 5) is 24.5. The topological polar surface area (TPSA) is 85.6 Å². The van der Waals surface area contributed by atoms with Crippen LogP contribution in [0.3, 0.4) is 0 Å². The van der Waals surface area contributed by atoms with Gasteiger partial charge in [-0.25, -0.2) is 4.98 Å². The monoisotopic (exact) mass is 490 g/mol. The number of aromatic nitrogens is 4. The van der Waals surface area contributed by atoms with Gasteiger partial charge in [-0.1, -0.05) is 23.5 Å². The number of methoxy groups -OCH3 is 2. The predicted molar refractivity (Wildman–Crippen MR) is 134 cm³/mol. The van der Waals surface area contributed by atoms with Gasteiger partial charge in [-0.15, -0.1) is 0 Å². The van der Waals surface area contributed by atoms with Gasteiger partial charge in [0, 0.05) is 32.2 Å². The zero-order chi connectivity index (χ0) is 23.9. The molecule has 2 atom stereocenters. The van der Waals surface area contributed by atoms with Gasteiger partial charge in [0.05, 0.1) is 42.4 Å². The normalized spacial score (nSPS) is 19.7. The largest absolute Gasteiger partial charge is 0.493 e. The second kappa shape index (κ2) is 8.84. The number of ether oxygens (including phenoxy) is 2. The number of fused-ring (bicyclic) bond motifs is 3. The Morgan fingerprint density at radius 2 is 1.66 bits per heavy atom. The minimum atomic E-state index is -0.0404. The Hall–Kier alpha value is -3.66. The van der Waals surface area contributed by atoms with E-state index in [0.29, 0.717) is 47.7 Å². The number of carbonyl (C=O) groups excluding carboxylic acids is 1. The molecule has 4 aromatic rings. The number of piperidine rings is 2. The van der Waals surface area contributed by atoms with Crippen LogP contribution in [0, 0.1) is 11.8 Å². The third kappa shape index (κ3) is 3.97. The van der Waals surface area contributed by atoms with E-state index in [1.54, 1.807) is 50.1 Å². The number of hydrogen-bond donors (Lipinski definition) is 0. The third-order valence-electron chi connectivity index (χ3n) is 6.79. The standard InChI is InChI=1S/C25H26N6O3S/c1-33-21-10-18(20(11-22(21)34-2)31-26-7-8-27-31)24(32)29-12-16-9-17(13-29)15-30(14-16)25-28-19-5-3-4-6-23(19)35-25/h3-8,10-11,16-17H,9,12-15H2,1-2H3. The number of likely N-dealkylation sites (tertiary alicyclic amines) is 1. The van der Waals surface area contributed by atoms with E-state index in [4.69, 9.17) is 14.5 Å². The first kappa shape index (κ1) is 21.8. The molecule has 9 nitrogen and oxygen atoms in total. The molecule has 2 bridgehead atoms. The lowest BCUT2D eigenvalue weighted by Gasteiger charge is -2.45. The highest BCUT2D eigenvalue weighted by Gasteiger charge is 2.38. The molecule has 0 radical (unpaired) electrons. The van der Waals surface area contributed by atoms with Gasteiger partial charge in [0.15, 0.2) is 16.6 Å². The lowest BCUT2D eigenvalue weighted by atomic mass is 9.84. The fourth-order valence-electron chi connectivity index (χ4n) is 5.31. The maximum absolute atomic E-state index is 13.8. The molecule has 6 rings (SSSR count). The number of anilines is 1. The van der Waals surface area contributed by atoms with Crippen molar-refractivity contribution in [1.82, 2.24) is 24.9 Å². The van der Waals surface area contributed by atoms with Gasteiger partial charge in [0.1, 0.15) is 5.69 Å². The summed E-state index contributed by atoms with van der Waals surface area (Å²) in [6.45, 7) is 3.22. The van der Waals surface area contributed by atoms with Crippen LogP contribution in [0.1, 0.15) is 16.8 Å². The first-order valence-corrected chi connectivity index (χ1v) is 12.5. The average molecular weight is 491 g/mol. The molecule has 0 saturated carbocycles. The van der Waals surface area contributed by atoms with Crippen LogP contribution in [0.25, 0.3) is 15.9 Å². The molecule has 0 aliphatic carbocycles. The Balaban J connectivity index is 1.26. The fraction of sp³-hybridized carbons (Fsp3) is 0.360. The minimum absolute atomic E-state index is 0.0404. The van der Waals surface area contributed by atoms with Crippen molar-refractivity contribution >= 4 is 32.6 Å². The maximum atomic E-state index is 13.8. The molecule has 0 spiro atoms. The summed E-state index contributed by atoms with van der Waals surface area (Å²) in [5.41, 5.74) is 2.12. The van der Waals surface area contributed by atoms with Crippen molar-refractivity contribution in [3.63, 3.8) is 0 Å². The molecule has 2 fully saturated rings. The molecule has 2 unspecified atom stereocenters. The van der Waals surface area contributed by atoms with E-state index in [9.17, 15) is 4.79 Å².